The smallest absolute Gasteiger partial charge is 0.236 e. The van der Waals surface area contributed by atoms with Crippen LogP contribution in [0.25, 0.3) is 0 Å². The molecule has 5 nitrogen and oxygen atoms in total. The van der Waals surface area contributed by atoms with Crippen LogP contribution in [0.1, 0.15) is 20.3 Å². The highest BCUT2D eigenvalue weighted by atomic mass is 35.5. The topological polar surface area (TPSA) is 67.6 Å². The number of nitrogens with two attached hydrogens (primary N) is 1. The first kappa shape index (κ1) is 17.6. The highest BCUT2D eigenvalue weighted by Gasteiger charge is 2.15. The lowest BCUT2D eigenvalue weighted by Crippen LogP contribution is -2.45. The number of nitrogens with one attached hydrogen (secondary N) is 1. The molecule has 0 aromatic heterocycles. The molecule has 1 saturated heterocycles. The molecule has 0 spiro atoms. The third-order valence-electron chi connectivity index (χ3n) is 2.89. The van der Waals surface area contributed by atoms with E-state index in [1.165, 1.54) is 0 Å². The molecule has 1 rings (SSSR count). The first-order valence-corrected chi connectivity index (χ1v) is 6.43. The molecule has 0 aliphatic carbocycles. The van der Waals surface area contributed by atoms with Gasteiger partial charge in [0.2, 0.25) is 5.91 Å². The van der Waals surface area contributed by atoms with Gasteiger partial charge >= 0.3 is 0 Å². The van der Waals surface area contributed by atoms with Crippen LogP contribution < -0.4 is 11.1 Å². The van der Waals surface area contributed by atoms with E-state index in [1.807, 2.05) is 0 Å². The minimum Gasteiger partial charge on any atom is -0.379 e. The van der Waals surface area contributed by atoms with E-state index in [9.17, 15) is 4.79 Å². The minimum atomic E-state index is -0.375. The van der Waals surface area contributed by atoms with Crippen molar-refractivity contribution >= 4 is 18.3 Å². The number of hydrogen-bond donors (Lipinski definition) is 2. The lowest BCUT2D eigenvalue weighted by Gasteiger charge is -2.26. The van der Waals surface area contributed by atoms with Crippen LogP contribution in [0.5, 0.6) is 0 Å². The second kappa shape index (κ2) is 9.55. The average molecular weight is 280 g/mol. The molecule has 3 N–H and O–H groups in total. The van der Waals surface area contributed by atoms with Gasteiger partial charge in [0.25, 0.3) is 0 Å². The van der Waals surface area contributed by atoms with Crippen molar-refractivity contribution in [3.8, 4) is 0 Å². The van der Waals surface area contributed by atoms with E-state index >= 15 is 0 Å². The Morgan fingerprint density at radius 1 is 1.39 bits per heavy atom. The number of morpholine rings is 1. The second-order valence-corrected chi connectivity index (χ2v) is 4.98. The van der Waals surface area contributed by atoms with Gasteiger partial charge in [0.05, 0.1) is 19.3 Å². The third-order valence-corrected chi connectivity index (χ3v) is 2.89. The number of carbonyl (C=O) groups excluding carboxylic acids is 1. The summed E-state index contributed by atoms with van der Waals surface area (Å²) in [5.41, 5.74) is 5.79. The number of halogens is 1. The fourth-order valence-corrected chi connectivity index (χ4v) is 1.91. The largest absolute Gasteiger partial charge is 0.379 e. The standard InChI is InChI=1S/C12H25N3O2.ClH/c1-10(2)9-11(13)12(16)14-3-4-15-5-7-17-8-6-15;/h10-11H,3-9,13H2,1-2H3,(H,14,16);1H/t11-;/m0./s1. The predicted molar refractivity (Wildman–Crippen MR) is 74.9 cm³/mol. The maximum Gasteiger partial charge on any atom is 0.236 e. The van der Waals surface area contributed by atoms with Gasteiger partial charge in [-0.25, -0.2) is 0 Å². The number of ether oxygens (including phenoxy) is 1. The number of rotatable bonds is 6. The zero-order chi connectivity index (χ0) is 12.7. The van der Waals surface area contributed by atoms with Gasteiger partial charge < -0.3 is 15.8 Å². The molecule has 0 unspecified atom stereocenters. The maximum atomic E-state index is 11.6. The monoisotopic (exact) mass is 279 g/mol. The zero-order valence-corrected chi connectivity index (χ0v) is 12.2. The zero-order valence-electron chi connectivity index (χ0n) is 11.4. The SMILES string of the molecule is CC(C)C[C@H](N)C(=O)NCCN1CCOCC1.Cl. The molecular weight excluding hydrogens is 254 g/mol. The Kier molecular flexibility index (Phi) is 9.36. The predicted octanol–water partition coefficient (Wildman–Crippen LogP) is 0.230. The fourth-order valence-electron chi connectivity index (χ4n) is 1.91. The van der Waals surface area contributed by atoms with Crippen LogP contribution in [0.15, 0.2) is 0 Å². The van der Waals surface area contributed by atoms with E-state index in [0.717, 1.165) is 39.3 Å². The first-order chi connectivity index (χ1) is 8.09. The molecule has 1 heterocycles. The van der Waals surface area contributed by atoms with Crippen LogP contribution in [0.4, 0.5) is 0 Å². The van der Waals surface area contributed by atoms with E-state index in [-0.39, 0.29) is 24.4 Å². The Balaban J connectivity index is 0.00000289. The first-order valence-electron chi connectivity index (χ1n) is 6.43. The summed E-state index contributed by atoms with van der Waals surface area (Å²) in [4.78, 5) is 13.9. The molecule has 6 heteroatoms. The Hall–Kier alpha value is -0.360. The van der Waals surface area contributed by atoms with Crippen molar-refractivity contribution in [2.75, 3.05) is 39.4 Å². The molecule has 1 aliphatic rings. The maximum absolute atomic E-state index is 11.6. The van der Waals surface area contributed by atoms with Crippen LogP contribution in [-0.2, 0) is 9.53 Å². The lowest BCUT2D eigenvalue weighted by molar-refractivity contribution is -0.122. The summed E-state index contributed by atoms with van der Waals surface area (Å²) in [7, 11) is 0. The summed E-state index contributed by atoms with van der Waals surface area (Å²) in [6.07, 6.45) is 0.739. The van der Waals surface area contributed by atoms with Crippen LogP contribution in [0.2, 0.25) is 0 Å². The van der Waals surface area contributed by atoms with E-state index in [4.69, 9.17) is 10.5 Å². The van der Waals surface area contributed by atoms with Crippen molar-refractivity contribution < 1.29 is 9.53 Å². The Morgan fingerprint density at radius 3 is 2.56 bits per heavy atom. The van der Waals surface area contributed by atoms with Crippen molar-refractivity contribution in [3.63, 3.8) is 0 Å². The molecule has 1 amide bonds. The molecule has 0 aromatic rings. The summed E-state index contributed by atoms with van der Waals surface area (Å²) in [6, 6.07) is -0.375. The van der Waals surface area contributed by atoms with Crippen molar-refractivity contribution in [3.05, 3.63) is 0 Å². The van der Waals surface area contributed by atoms with Crippen LogP contribution in [0.3, 0.4) is 0 Å². The van der Waals surface area contributed by atoms with E-state index in [0.29, 0.717) is 12.5 Å². The van der Waals surface area contributed by atoms with Crippen molar-refractivity contribution in [1.29, 1.82) is 0 Å². The van der Waals surface area contributed by atoms with Crippen LogP contribution in [0, 0.1) is 5.92 Å². The molecule has 1 atom stereocenters. The van der Waals surface area contributed by atoms with Crippen LogP contribution >= 0.6 is 12.4 Å². The van der Waals surface area contributed by atoms with Gasteiger partial charge in [-0.1, -0.05) is 13.8 Å². The molecule has 108 valence electrons. The van der Waals surface area contributed by atoms with Gasteiger partial charge in [0.15, 0.2) is 0 Å². The van der Waals surface area contributed by atoms with Gasteiger partial charge in [-0.3, -0.25) is 9.69 Å². The van der Waals surface area contributed by atoms with E-state index < -0.39 is 0 Å². The second-order valence-electron chi connectivity index (χ2n) is 4.98. The summed E-state index contributed by atoms with van der Waals surface area (Å²) >= 11 is 0. The van der Waals surface area contributed by atoms with Gasteiger partial charge in [-0.05, 0) is 12.3 Å². The molecule has 0 bridgehead atoms. The quantitative estimate of drug-likeness (QED) is 0.730. The summed E-state index contributed by atoms with van der Waals surface area (Å²) in [5.74, 6) is 0.418. The van der Waals surface area contributed by atoms with Gasteiger partial charge in [-0.15, -0.1) is 12.4 Å². The summed E-state index contributed by atoms with van der Waals surface area (Å²) in [5, 5.41) is 2.89. The third kappa shape index (κ3) is 7.16. The normalized spacial score (nSPS) is 18.2. The number of hydrogen-bond acceptors (Lipinski definition) is 4. The molecule has 1 fully saturated rings. The van der Waals surface area contributed by atoms with Crippen molar-refractivity contribution in [1.82, 2.24) is 10.2 Å². The van der Waals surface area contributed by atoms with Crippen molar-refractivity contribution in [2.24, 2.45) is 11.7 Å². The average Bonchev–Trinajstić information content (AvgIpc) is 2.29. The Morgan fingerprint density at radius 2 is 2.00 bits per heavy atom. The molecule has 0 saturated carbocycles. The van der Waals surface area contributed by atoms with E-state index in [2.05, 4.69) is 24.1 Å². The van der Waals surface area contributed by atoms with Crippen molar-refractivity contribution in [2.45, 2.75) is 26.3 Å². The highest BCUT2D eigenvalue weighted by molar-refractivity contribution is 5.85. The molecular formula is C12H26ClN3O2. The Bertz CT molecular complexity index is 233. The molecule has 1 aliphatic heterocycles. The van der Waals surface area contributed by atoms with Gasteiger partial charge in [0.1, 0.15) is 0 Å². The van der Waals surface area contributed by atoms with Gasteiger partial charge in [-0.2, -0.15) is 0 Å². The van der Waals surface area contributed by atoms with Crippen LogP contribution in [-0.4, -0.2) is 56.2 Å². The highest BCUT2D eigenvalue weighted by Crippen LogP contribution is 2.02. The number of carbonyl (C=O) groups is 1. The fraction of sp³-hybridized carbons (Fsp3) is 0.917. The Labute approximate surface area is 116 Å². The number of amides is 1. The van der Waals surface area contributed by atoms with E-state index in [1.54, 1.807) is 0 Å². The number of nitrogens with zero attached hydrogens (tertiary/aromatic N) is 1. The lowest BCUT2D eigenvalue weighted by atomic mass is 10.0. The summed E-state index contributed by atoms with van der Waals surface area (Å²) < 4.78 is 5.26. The molecule has 18 heavy (non-hydrogen) atoms. The van der Waals surface area contributed by atoms with Gasteiger partial charge in [0, 0.05) is 26.2 Å². The summed E-state index contributed by atoms with van der Waals surface area (Å²) in [6.45, 7) is 9.18. The minimum absolute atomic E-state index is 0. The molecule has 0 aromatic carbocycles. The molecule has 0 radical (unpaired) electrons.